The molecule has 0 saturated heterocycles. The Morgan fingerprint density at radius 3 is 2.45 bits per heavy atom. The lowest BCUT2D eigenvalue weighted by molar-refractivity contribution is 0.0925. The number of fused-ring (bicyclic) bond motifs is 1. The van der Waals surface area contributed by atoms with E-state index in [1.165, 1.54) is 18.2 Å². The number of hydrogen-bond donors (Lipinski definition) is 1. The lowest BCUT2D eigenvalue weighted by Crippen LogP contribution is -2.29. The third-order valence-electron chi connectivity index (χ3n) is 3.03. The Morgan fingerprint density at radius 2 is 1.70 bits per heavy atom. The lowest BCUT2D eigenvalue weighted by Gasteiger charge is -2.15. The van der Waals surface area contributed by atoms with E-state index in [1.807, 2.05) is 0 Å². The van der Waals surface area contributed by atoms with Crippen LogP contribution >= 0.6 is 27.5 Å². The predicted molar refractivity (Wildman–Crippen MR) is 78.4 cm³/mol. The molecule has 0 aromatic heterocycles. The Labute approximate surface area is 127 Å². The quantitative estimate of drug-likeness (QED) is 0.798. The Kier molecular flexibility index (Phi) is 3.03. The molecule has 100 valence electrons. The third-order valence-corrected chi connectivity index (χ3v) is 3.76. The van der Waals surface area contributed by atoms with Gasteiger partial charge in [-0.25, -0.2) is 4.90 Å². The molecular formula is C14H7BrClNO3. The van der Waals surface area contributed by atoms with Gasteiger partial charge in [0.05, 0.1) is 16.8 Å². The van der Waals surface area contributed by atoms with E-state index >= 15 is 0 Å². The van der Waals surface area contributed by atoms with Crippen molar-refractivity contribution >= 4 is 45.0 Å². The molecule has 1 aliphatic heterocycles. The number of hydrogen-bond acceptors (Lipinski definition) is 3. The zero-order valence-electron chi connectivity index (χ0n) is 9.93. The summed E-state index contributed by atoms with van der Waals surface area (Å²) < 4.78 is 0.703. The van der Waals surface area contributed by atoms with E-state index in [0.717, 1.165) is 4.90 Å². The van der Waals surface area contributed by atoms with Gasteiger partial charge in [0.25, 0.3) is 11.8 Å². The molecule has 4 nitrogen and oxygen atoms in total. The van der Waals surface area contributed by atoms with E-state index in [9.17, 15) is 14.7 Å². The van der Waals surface area contributed by atoms with Crippen LogP contribution in [0, 0.1) is 0 Å². The summed E-state index contributed by atoms with van der Waals surface area (Å²) in [5.74, 6) is -1.14. The van der Waals surface area contributed by atoms with Crippen LogP contribution in [0.1, 0.15) is 20.7 Å². The summed E-state index contributed by atoms with van der Waals surface area (Å²) in [6.07, 6.45) is 0. The van der Waals surface area contributed by atoms with Crippen molar-refractivity contribution < 1.29 is 14.7 Å². The first-order valence-corrected chi connectivity index (χ1v) is 6.83. The monoisotopic (exact) mass is 351 g/mol. The lowest BCUT2D eigenvalue weighted by atomic mass is 10.1. The smallest absolute Gasteiger partial charge is 0.266 e. The molecule has 1 heterocycles. The first kappa shape index (κ1) is 13.1. The number of imide groups is 1. The van der Waals surface area contributed by atoms with Crippen LogP contribution in [-0.2, 0) is 0 Å². The molecule has 20 heavy (non-hydrogen) atoms. The number of aromatic hydroxyl groups is 1. The maximum atomic E-state index is 12.4. The number of carbonyl (C=O) groups is 2. The number of nitrogens with zero attached hydrogens (tertiary/aromatic N) is 1. The third kappa shape index (κ3) is 1.90. The highest BCUT2D eigenvalue weighted by atomic mass is 79.9. The number of halogens is 2. The summed E-state index contributed by atoms with van der Waals surface area (Å²) in [4.78, 5) is 25.6. The topological polar surface area (TPSA) is 57.6 Å². The number of benzene rings is 2. The van der Waals surface area contributed by atoms with Crippen molar-refractivity contribution in [1.29, 1.82) is 0 Å². The molecule has 0 unspecified atom stereocenters. The van der Waals surface area contributed by atoms with Crippen molar-refractivity contribution in [2.45, 2.75) is 0 Å². The molecule has 0 spiro atoms. The van der Waals surface area contributed by atoms with E-state index in [4.69, 9.17) is 11.6 Å². The van der Waals surface area contributed by atoms with Crippen LogP contribution in [0.2, 0.25) is 5.02 Å². The van der Waals surface area contributed by atoms with Crippen LogP contribution in [0.5, 0.6) is 5.75 Å². The van der Waals surface area contributed by atoms with Crippen LogP contribution < -0.4 is 4.90 Å². The maximum absolute atomic E-state index is 12.4. The summed E-state index contributed by atoms with van der Waals surface area (Å²) >= 11 is 9.12. The van der Waals surface area contributed by atoms with E-state index in [-0.39, 0.29) is 11.4 Å². The van der Waals surface area contributed by atoms with Gasteiger partial charge in [-0.15, -0.1) is 0 Å². The Balaban J connectivity index is 2.16. The SMILES string of the molecule is O=C1c2ccc(Br)cc2C(=O)N1c1cc(Cl)ccc1O. The summed E-state index contributed by atoms with van der Waals surface area (Å²) in [6.45, 7) is 0. The van der Waals surface area contributed by atoms with Crippen LogP contribution in [0.4, 0.5) is 5.69 Å². The summed E-state index contributed by atoms with van der Waals surface area (Å²) in [7, 11) is 0. The van der Waals surface area contributed by atoms with Crippen molar-refractivity contribution in [2.75, 3.05) is 4.90 Å². The summed E-state index contributed by atoms with van der Waals surface area (Å²) in [6, 6.07) is 9.05. The fraction of sp³-hybridized carbons (Fsp3) is 0. The second-order valence-corrected chi connectivity index (χ2v) is 5.62. The van der Waals surface area contributed by atoms with E-state index in [2.05, 4.69) is 15.9 Å². The average molecular weight is 353 g/mol. The average Bonchev–Trinajstić information content (AvgIpc) is 2.65. The molecule has 1 N–H and O–H groups in total. The minimum Gasteiger partial charge on any atom is -0.506 e. The largest absolute Gasteiger partial charge is 0.506 e. The normalized spacial score (nSPS) is 13.8. The minimum absolute atomic E-state index is 0.0832. The zero-order chi connectivity index (χ0) is 14.4. The van der Waals surface area contributed by atoms with Gasteiger partial charge in [-0.2, -0.15) is 0 Å². The van der Waals surface area contributed by atoms with E-state index < -0.39 is 11.8 Å². The van der Waals surface area contributed by atoms with Crippen LogP contribution in [0.3, 0.4) is 0 Å². The zero-order valence-corrected chi connectivity index (χ0v) is 12.3. The maximum Gasteiger partial charge on any atom is 0.266 e. The molecule has 0 saturated carbocycles. The van der Waals surface area contributed by atoms with Crippen molar-refractivity contribution in [3.8, 4) is 5.75 Å². The van der Waals surface area contributed by atoms with Gasteiger partial charge < -0.3 is 5.11 Å². The molecule has 2 aromatic rings. The van der Waals surface area contributed by atoms with Crippen LogP contribution in [0.25, 0.3) is 0 Å². The van der Waals surface area contributed by atoms with Crippen molar-refractivity contribution in [2.24, 2.45) is 0 Å². The Hall–Kier alpha value is -1.85. The van der Waals surface area contributed by atoms with E-state index in [0.29, 0.717) is 20.6 Å². The summed E-state index contributed by atoms with van der Waals surface area (Å²) in [5, 5.41) is 10.2. The minimum atomic E-state index is -0.483. The second-order valence-electron chi connectivity index (χ2n) is 4.27. The predicted octanol–water partition coefficient (Wildman–Crippen LogP) is 3.61. The molecule has 0 atom stereocenters. The van der Waals surface area contributed by atoms with E-state index in [1.54, 1.807) is 18.2 Å². The first-order chi connectivity index (χ1) is 9.49. The molecule has 3 rings (SSSR count). The molecule has 0 bridgehead atoms. The highest BCUT2D eigenvalue weighted by Gasteiger charge is 2.38. The van der Waals surface area contributed by atoms with Gasteiger partial charge >= 0.3 is 0 Å². The van der Waals surface area contributed by atoms with Crippen molar-refractivity contribution in [3.63, 3.8) is 0 Å². The van der Waals surface area contributed by atoms with Gasteiger partial charge in [-0.05, 0) is 36.4 Å². The standard InChI is InChI=1S/C14H7BrClNO3/c15-7-1-3-9-10(5-7)14(20)17(13(9)19)11-6-8(16)2-4-12(11)18/h1-6,18H. The van der Waals surface area contributed by atoms with Gasteiger partial charge in [-0.1, -0.05) is 27.5 Å². The Bertz CT molecular complexity index is 760. The molecule has 0 aliphatic carbocycles. The van der Waals surface area contributed by atoms with Gasteiger partial charge in [-0.3, -0.25) is 9.59 Å². The molecule has 1 aliphatic rings. The summed E-state index contributed by atoms with van der Waals surface area (Å²) in [5.41, 5.74) is 0.682. The molecule has 2 aromatic carbocycles. The number of amides is 2. The number of carbonyl (C=O) groups excluding carboxylic acids is 2. The van der Waals surface area contributed by atoms with Gasteiger partial charge in [0, 0.05) is 9.50 Å². The van der Waals surface area contributed by atoms with Gasteiger partial charge in [0.15, 0.2) is 0 Å². The molecular weight excluding hydrogens is 346 g/mol. The first-order valence-electron chi connectivity index (χ1n) is 5.66. The van der Waals surface area contributed by atoms with Crippen LogP contribution in [0.15, 0.2) is 40.9 Å². The van der Waals surface area contributed by atoms with Crippen LogP contribution in [-0.4, -0.2) is 16.9 Å². The van der Waals surface area contributed by atoms with Crippen molar-refractivity contribution in [1.82, 2.24) is 0 Å². The fourth-order valence-corrected chi connectivity index (χ4v) is 2.63. The van der Waals surface area contributed by atoms with Gasteiger partial charge in [0.1, 0.15) is 5.75 Å². The number of anilines is 1. The Morgan fingerprint density at radius 1 is 1.00 bits per heavy atom. The van der Waals surface area contributed by atoms with Crippen molar-refractivity contribution in [3.05, 3.63) is 57.0 Å². The highest BCUT2D eigenvalue weighted by molar-refractivity contribution is 9.10. The fourth-order valence-electron chi connectivity index (χ4n) is 2.11. The second kappa shape index (κ2) is 4.61. The molecule has 6 heteroatoms. The molecule has 0 fully saturated rings. The van der Waals surface area contributed by atoms with Gasteiger partial charge in [0.2, 0.25) is 0 Å². The number of rotatable bonds is 1. The number of phenolic OH excluding ortho intramolecular Hbond substituents is 1. The molecule has 2 amide bonds. The number of phenols is 1. The molecule has 0 radical (unpaired) electrons. The highest BCUT2D eigenvalue weighted by Crippen LogP contribution is 2.36.